The Bertz CT molecular complexity index is 736. The predicted molar refractivity (Wildman–Crippen MR) is 109 cm³/mol. The number of nitrogens with two attached hydrogens (primary N) is 1. The molecule has 2 aliphatic rings. The third-order valence-corrected chi connectivity index (χ3v) is 6.06. The summed E-state index contributed by atoms with van der Waals surface area (Å²) in [6.45, 7) is 0.283. The molecule has 2 bridgehead atoms. The monoisotopic (exact) mass is 403 g/mol. The molecule has 2 saturated heterocycles. The maximum atomic E-state index is 12.6. The molecule has 2 heterocycles. The molecule has 2 amide bonds. The van der Waals surface area contributed by atoms with Crippen molar-refractivity contribution in [2.24, 2.45) is 5.73 Å². The van der Waals surface area contributed by atoms with E-state index in [1.165, 1.54) is 5.56 Å². The smallest absolute Gasteiger partial charge is 0.223 e. The summed E-state index contributed by atoms with van der Waals surface area (Å²) in [7, 11) is 1.59. The largest absolute Gasteiger partial charge is 0.489 e. The van der Waals surface area contributed by atoms with Crippen molar-refractivity contribution in [3.63, 3.8) is 0 Å². The number of benzene rings is 1. The zero-order valence-electron chi connectivity index (χ0n) is 16.9. The van der Waals surface area contributed by atoms with Crippen molar-refractivity contribution in [1.29, 1.82) is 0 Å². The minimum Gasteiger partial charge on any atom is -0.489 e. The van der Waals surface area contributed by atoms with E-state index in [9.17, 15) is 14.0 Å². The van der Waals surface area contributed by atoms with E-state index in [0.29, 0.717) is 23.6 Å². The molecular weight excluding hydrogens is 373 g/mol. The van der Waals surface area contributed by atoms with Crippen LogP contribution in [0, 0.1) is 0 Å². The molecule has 0 spiro atoms. The Balaban J connectivity index is 1.56. The van der Waals surface area contributed by atoms with Crippen molar-refractivity contribution in [3.8, 4) is 5.75 Å². The highest BCUT2D eigenvalue weighted by atomic mass is 19.1. The third-order valence-electron chi connectivity index (χ3n) is 6.06. The van der Waals surface area contributed by atoms with Gasteiger partial charge < -0.3 is 20.7 Å². The summed E-state index contributed by atoms with van der Waals surface area (Å²) in [6.07, 6.45) is 4.99. The van der Waals surface area contributed by atoms with E-state index in [4.69, 9.17) is 10.5 Å². The van der Waals surface area contributed by atoms with Gasteiger partial charge in [0.15, 0.2) is 0 Å². The van der Waals surface area contributed by atoms with Gasteiger partial charge in [0.2, 0.25) is 11.8 Å². The van der Waals surface area contributed by atoms with Gasteiger partial charge in [0.25, 0.3) is 0 Å². The van der Waals surface area contributed by atoms with Crippen LogP contribution >= 0.6 is 0 Å². The van der Waals surface area contributed by atoms with E-state index >= 15 is 0 Å². The van der Waals surface area contributed by atoms with Crippen LogP contribution in [0.2, 0.25) is 0 Å². The fraction of sp³-hybridized carbons (Fsp3) is 0.545. The Morgan fingerprint density at radius 3 is 2.41 bits per heavy atom. The number of carbonyl (C=O) groups is 2. The van der Waals surface area contributed by atoms with Gasteiger partial charge in [-0.1, -0.05) is 12.1 Å². The summed E-state index contributed by atoms with van der Waals surface area (Å²) < 4.78 is 18.1. The highest BCUT2D eigenvalue weighted by molar-refractivity contribution is 5.84. The Hall–Kier alpha value is -2.41. The lowest BCUT2D eigenvalue weighted by molar-refractivity contribution is -0.137. The lowest BCUT2D eigenvalue weighted by Crippen LogP contribution is -2.46. The highest BCUT2D eigenvalue weighted by Crippen LogP contribution is 2.43. The van der Waals surface area contributed by atoms with Crippen molar-refractivity contribution in [1.82, 2.24) is 10.2 Å². The van der Waals surface area contributed by atoms with Gasteiger partial charge in [-0.3, -0.25) is 9.59 Å². The molecule has 158 valence electrons. The molecule has 7 heteroatoms. The fourth-order valence-corrected chi connectivity index (χ4v) is 4.48. The maximum Gasteiger partial charge on any atom is 0.223 e. The highest BCUT2D eigenvalue weighted by Gasteiger charge is 2.43. The number of nitrogens with one attached hydrogen (secondary N) is 1. The number of rotatable bonds is 8. The summed E-state index contributed by atoms with van der Waals surface area (Å²) in [6, 6.07) is 8.45. The molecule has 29 heavy (non-hydrogen) atoms. The summed E-state index contributed by atoms with van der Waals surface area (Å²) in [5.41, 5.74) is 7.10. The second-order valence-corrected chi connectivity index (χ2v) is 7.86. The minimum atomic E-state index is -0.0940. The molecule has 0 aromatic heterocycles. The van der Waals surface area contributed by atoms with Crippen LogP contribution in [-0.2, 0) is 9.59 Å². The van der Waals surface area contributed by atoms with Gasteiger partial charge in [-0.2, -0.15) is 0 Å². The first-order valence-electron chi connectivity index (χ1n) is 10.3. The summed E-state index contributed by atoms with van der Waals surface area (Å²) in [4.78, 5) is 26.1. The second-order valence-electron chi connectivity index (χ2n) is 7.86. The van der Waals surface area contributed by atoms with Crippen LogP contribution in [0.25, 0.3) is 0 Å². The van der Waals surface area contributed by atoms with Gasteiger partial charge in [-0.05, 0) is 49.3 Å². The van der Waals surface area contributed by atoms with Crippen LogP contribution in [0.4, 0.5) is 4.39 Å². The number of hydrogen-bond donors (Lipinski definition) is 2. The molecule has 2 aliphatic heterocycles. The van der Waals surface area contributed by atoms with Gasteiger partial charge in [0.1, 0.15) is 12.4 Å². The average molecular weight is 403 g/mol. The number of fused-ring (bicyclic) bond motifs is 2. The molecule has 0 saturated carbocycles. The van der Waals surface area contributed by atoms with Crippen molar-refractivity contribution in [2.45, 2.75) is 56.5 Å². The number of amides is 2. The van der Waals surface area contributed by atoms with Crippen LogP contribution in [0.3, 0.4) is 0 Å². The molecule has 0 aliphatic carbocycles. The maximum absolute atomic E-state index is 12.6. The van der Waals surface area contributed by atoms with Crippen molar-refractivity contribution in [3.05, 3.63) is 41.7 Å². The third kappa shape index (κ3) is 5.15. The predicted octanol–water partition coefficient (Wildman–Crippen LogP) is 2.64. The van der Waals surface area contributed by atoms with Crippen LogP contribution in [0.5, 0.6) is 5.75 Å². The molecule has 1 aromatic rings. The van der Waals surface area contributed by atoms with Crippen molar-refractivity contribution < 1.29 is 18.7 Å². The van der Waals surface area contributed by atoms with Crippen molar-refractivity contribution in [2.75, 3.05) is 20.2 Å². The SMILES string of the molecule is CNC(=O)CCC(=O)N1C2CCC1CC(c1ccc(OC/C(=C/F)CN)cc1)C2. The molecule has 2 atom stereocenters. The number of ether oxygens (including phenoxy) is 1. The van der Waals surface area contributed by atoms with E-state index in [-0.39, 0.29) is 49.9 Å². The van der Waals surface area contributed by atoms with Gasteiger partial charge in [0, 0.05) is 44.1 Å². The Morgan fingerprint density at radius 1 is 1.21 bits per heavy atom. The zero-order chi connectivity index (χ0) is 20.8. The first-order valence-corrected chi connectivity index (χ1v) is 10.3. The molecular formula is C22H30FN3O3. The molecule has 1 aromatic carbocycles. The van der Waals surface area contributed by atoms with Gasteiger partial charge >= 0.3 is 0 Å². The van der Waals surface area contributed by atoms with E-state index in [2.05, 4.69) is 17.4 Å². The van der Waals surface area contributed by atoms with E-state index < -0.39 is 0 Å². The minimum absolute atomic E-state index is 0.0940. The molecule has 3 N–H and O–H groups in total. The zero-order valence-corrected chi connectivity index (χ0v) is 16.9. The van der Waals surface area contributed by atoms with Crippen LogP contribution in [0.1, 0.15) is 50.0 Å². The Morgan fingerprint density at radius 2 is 1.86 bits per heavy atom. The molecule has 0 radical (unpaired) electrons. The van der Waals surface area contributed by atoms with Gasteiger partial charge in [-0.15, -0.1) is 0 Å². The summed E-state index contributed by atoms with van der Waals surface area (Å²) in [5, 5.41) is 2.57. The Kier molecular flexibility index (Phi) is 7.25. The molecule has 2 unspecified atom stereocenters. The first-order chi connectivity index (χ1) is 14.0. The van der Waals surface area contributed by atoms with Crippen molar-refractivity contribution >= 4 is 11.8 Å². The van der Waals surface area contributed by atoms with E-state index in [1.54, 1.807) is 7.05 Å². The summed E-state index contributed by atoms with van der Waals surface area (Å²) in [5.74, 6) is 1.10. The van der Waals surface area contributed by atoms with Crippen LogP contribution in [-0.4, -0.2) is 49.0 Å². The lowest BCUT2D eigenvalue weighted by atomic mass is 9.85. The van der Waals surface area contributed by atoms with Crippen LogP contribution < -0.4 is 15.8 Å². The number of hydrogen-bond acceptors (Lipinski definition) is 4. The normalized spacial score (nSPS) is 23.8. The first kappa shape index (κ1) is 21.3. The second kappa shape index (κ2) is 9.87. The van der Waals surface area contributed by atoms with Gasteiger partial charge in [-0.25, -0.2) is 4.39 Å². The number of carbonyl (C=O) groups excluding carboxylic acids is 2. The molecule has 3 rings (SSSR count). The summed E-state index contributed by atoms with van der Waals surface area (Å²) >= 11 is 0. The Labute approximate surface area is 171 Å². The number of nitrogens with zero attached hydrogens (tertiary/aromatic N) is 1. The van der Waals surface area contributed by atoms with E-state index in [1.807, 2.05) is 17.0 Å². The average Bonchev–Trinajstić information content (AvgIpc) is 3.02. The number of halogens is 1. The standard InChI is InChI=1S/C22H30FN3O3/c1-25-21(27)8-9-22(28)26-18-4-5-19(26)11-17(10-18)16-2-6-20(7-3-16)29-14-15(12-23)13-24/h2-3,6-7,12,17-19H,4-5,8-11,13-14,24H2,1H3,(H,25,27)/b15-12+. The number of piperidine rings is 1. The topological polar surface area (TPSA) is 84.7 Å². The van der Waals surface area contributed by atoms with E-state index in [0.717, 1.165) is 25.7 Å². The fourth-order valence-electron chi connectivity index (χ4n) is 4.48. The lowest BCUT2D eigenvalue weighted by Gasteiger charge is -2.39. The molecule has 2 fully saturated rings. The van der Waals surface area contributed by atoms with Crippen LogP contribution in [0.15, 0.2) is 36.2 Å². The quantitative estimate of drug-likeness (QED) is 0.699. The molecule has 6 nitrogen and oxygen atoms in total. The van der Waals surface area contributed by atoms with Gasteiger partial charge in [0.05, 0.1) is 6.33 Å².